The number of hydrogen-bond acceptors (Lipinski definition) is 4. The third-order valence-electron chi connectivity index (χ3n) is 5.65. The molecule has 1 aromatic carbocycles. The Morgan fingerprint density at radius 2 is 1.96 bits per heavy atom. The summed E-state index contributed by atoms with van der Waals surface area (Å²) >= 11 is 0. The number of allylic oxidation sites excluding steroid dienone is 1. The molecule has 3 aromatic rings. The predicted molar refractivity (Wildman–Crippen MR) is 116 cm³/mol. The number of pyridine rings is 1. The minimum Gasteiger partial charge on any atom is -0.343 e. The Hall–Kier alpha value is -2.66. The summed E-state index contributed by atoms with van der Waals surface area (Å²) in [5, 5.41) is 10.3. The maximum atomic E-state index is 4.71. The number of benzene rings is 1. The molecule has 0 bridgehead atoms. The third kappa shape index (κ3) is 3.94. The highest BCUT2D eigenvalue weighted by Gasteiger charge is 2.13. The van der Waals surface area contributed by atoms with Crippen LogP contribution < -0.4 is 5.32 Å². The lowest BCUT2D eigenvalue weighted by atomic mass is 10.0. The first-order chi connectivity index (χ1) is 13.6. The Balaban J connectivity index is 1.60. The van der Waals surface area contributed by atoms with Crippen molar-refractivity contribution in [2.45, 2.75) is 33.1 Å². The van der Waals surface area contributed by atoms with Crippen LogP contribution in [0.5, 0.6) is 0 Å². The van der Waals surface area contributed by atoms with E-state index in [4.69, 9.17) is 4.98 Å². The fourth-order valence-corrected chi connectivity index (χ4v) is 3.94. The van der Waals surface area contributed by atoms with Crippen molar-refractivity contribution < 1.29 is 0 Å². The predicted octanol–water partition coefficient (Wildman–Crippen LogP) is 4.75. The van der Waals surface area contributed by atoms with Gasteiger partial charge in [-0.25, -0.2) is 4.98 Å². The first-order valence-electron chi connectivity index (χ1n) is 10.2. The number of nitrogens with one attached hydrogen (secondary N) is 1. The fourth-order valence-electron chi connectivity index (χ4n) is 3.94. The molecular weight excluding hydrogens is 346 g/mol. The summed E-state index contributed by atoms with van der Waals surface area (Å²) in [6, 6.07) is 6.53. The summed E-state index contributed by atoms with van der Waals surface area (Å²) < 4.78 is 1.84. The molecule has 1 aliphatic rings. The van der Waals surface area contributed by atoms with Crippen LogP contribution in [0.2, 0.25) is 0 Å². The summed E-state index contributed by atoms with van der Waals surface area (Å²) in [5.74, 6) is 0.945. The standard InChI is InChI=1S/C23H29N5/c1-4-21(16-28-10-6-5-7-11-28)26-23-17(2)22-12-18(8-9-19(22)13-24-23)20-14-25-27(3)15-20/h4,8-9,12-15H,5-7,10-11,16H2,1-3H3,(H,24,26)/b21-4-. The largest absolute Gasteiger partial charge is 0.343 e. The Bertz CT molecular complexity index is 995. The number of anilines is 1. The number of nitrogens with zero attached hydrogens (tertiary/aromatic N) is 4. The van der Waals surface area contributed by atoms with E-state index in [9.17, 15) is 0 Å². The van der Waals surface area contributed by atoms with E-state index in [1.165, 1.54) is 54.6 Å². The van der Waals surface area contributed by atoms with Crippen LogP contribution >= 0.6 is 0 Å². The molecule has 0 unspecified atom stereocenters. The van der Waals surface area contributed by atoms with Crippen LogP contribution in [-0.4, -0.2) is 39.3 Å². The zero-order chi connectivity index (χ0) is 19.5. The minimum absolute atomic E-state index is 0.945. The van der Waals surface area contributed by atoms with Crippen LogP contribution in [0.1, 0.15) is 31.7 Å². The SMILES string of the molecule is C/C=C(/CN1CCCCC1)Nc1ncc2ccc(-c3cnn(C)c3)cc2c1C. The van der Waals surface area contributed by atoms with E-state index in [1.807, 2.05) is 30.3 Å². The third-order valence-corrected chi connectivity index (χ3v) is 5.65. The normalized spacial score (nSPS) is 15.9. The molecule has 146 valence electrons. The van der Waals surface area contributed by atoms with E-state index in [0.717, 1.165) is 23.3 Å². The monoisotopic (exact) mass is 375 g/mol. The van der Waals surface area contributed by atoms with E-state index < -0.39 is 0 Å². The van der Waals surface area contributed by atoms with Crippen LogP contribution in [0.4, 0.5) is 5.82 Å². The summed E-state index contributed by atoms with van der Waals surface area (Å²) in [7, 11) is 1.95. The van der Waals surface area contributed by atoms with Crippen LogP contribution in [0.25, 0.3) is 21.9 Å². The average Bonchev–Trinajstić information content (AvgIpc) is 3.16. The second-order valence-corrected chi connectivity index (χ2v) is 7.71. The second kappa shape index (κ2) is 8.15. The maximum Gasteiger partial charge on any atom is 0.133 e. The highest BCUT2D eigenvalue weighted by atomic mass is 15.2. The van der Waals surface area contributed by atoms with Crippen molar-refractivity contribution in [1.82, 2.24) is 19.7 Å². The first-order valence-corrected chi connectivity index (χ1v) is 10.2. The Morgan fingerprint density at radius 1 is 1.14 bits per heavy atom. The molecule has 4 rings (SSSR count). The highest BCUT2D eigenvalue weighted by Crippen LogP contribution is 2.29. The van der Waals surface area contributed by atoms with Gasteiger partial charge in [0.15, 0.2) is 0 Å². The number of likely N-dealkylation sites (tertiary alicyclic amines) is 1. The van der Waals surface area contributed by atoms with E-state index in [1.54, 1.807) is 0 Å². The maximum absolute atomic E-state index is 4.71. The quantitative estimate of drug-likeness (QED) is 0.699. The van der Waals surface area contributed by atoms with Gasteiger partial charge < -0.3 is 5.32 Å². The van der Waals surface area contributed by atoms with Crippen molar-refractivity contribution in [2.75, 3.05) is 25.0 Å². The number of piperidine rings is 1. The lowest BCUT2D eigenvalue weighted by Gasteiger charge is -2.27. The van der Waals surface area contributed by atoms with Gasteiger partial charge in [0.05, 0.1) is 6.20 Å². The van der Waals surface area contributed by atoms with E-state index in [0.29, 0.717) is 0 Å². The molecule has 0 saturated carbocycles. The average molecular weight is 376 g/mol. The topological polar surface area (TPSA) is 46.0 Å². The molecule has 5 nitrogen and oxygen atoms in total. The van der Waals surface area contributed by atoms with Crippen molar-refractivity contribution in [3.8, 4) is 11.1 Å². The molecule has 0 atom stereocenters. The van der Waals surface area contributed by atoms with Crippen molar-refractivity contribution in [1.29, 1.82) is 0 Å². The molecule has 28 heavy (non-hydrogen) atoms. The molecule has 1 fully saturated rings. The smallest absolute Gasteiger partial charge is 0.133 e. The zero-order valence-corrected chi connectivity index (χ0v) is 17.1. The van der Waals surface area contributed by atoms with Gasteiger partial charge in [-0.2, -0.15) is 5.10 Å². The van der Waals surface area contributed by atoms with Crippen molar-refractivity contribution in [3.05, 3.63) is 54.1 Å². The fraction of sp³-hybridized carbons (Fsp3) is 0.391. The second-order valence-electron chi connectivity index (χ2n) is 7.71. The number of aromatic nitrogens is 3. The molecule has 0 radical (unpaired) electrons. The van der Waals surface area contributed by atoms with Crippen molar-refractivity contribution >= 4 is 16.6 Å². The van der Waals surface area contributed by atoms with Gasteiger partial charge in [0.25, 0.3) is 0 Å². The van der Waals surface area contributed by atoms with Crippen LogP contribution in [0, 0.1) is 6.92 Å². The molecule has 3 heterocycles. The van der Waals surface area contributed by atoms with E-state index in [2.05, 4.69) is 53.4 Å². The van der Waals surface area contributed by atoms with Crippen molar-refractivity contribution in [2.24, 2.45) is 7.05 Å². The van der Waals surface area contributed by atoms with Crippen LogP contribution in [0.3, 0.4) is 0 Å². The van der Waals surface area contributed by atoms with Gasteiger partial charge >= 0.3 is 0 Å². The van der Waals surface area contributed by atoms with Gasteiger partial charge in [0.2, 0.25) is 0 Å². The molecule has 1 N–H and O–H groups in total. The summed E-state index contributed by atoms with van der Waals surface area (Å²) in [4.78, 5) is 7.24. The molecule has 0 amide bonds. The summed E-state index contributed by atoms with van der Waals surface area (Å²) in [5.41, 5.74) is 4.72. The van der Waals surface area contributed by atoms with Gasteiger partial charge in [0, 0.05) is 42.6 Å². The molecule has 1 saturated heterocycles. The van der Waals surface area contributed by atoms with Crippen molar-refractivity contribution in [3.63, 3.8) is 0 Å². The minimum atomic E-state index is 0.945. The first kappa shape index (κ1) is 18.7. The number of fused-ring (bicyclic) bond motifs is 1. The number of rotatable bonds is 5. The lowest BCUT2D eigenvalue weighted by Crippen LogP contribution is -2.33. The molecule has 0 aliphatic carbocycles. The van der Waals surface area contributed by atoms with Gasteiger partial charge in [0.1, 0.15) is 5.82 Å². The van der Waals surface area contributed by atoms with E-state index >= 15 is 0 Å². The Kier molecular flexibility index (Phi) is 5.44. The molecule has 5 heteroatoms. The molecule has 0 spiro atoms. The lowest BCUT2D eigenvalue weighted by molar-refractivity contribution is 0.247. The highest BCUT2D eigenvalue weighted by molar-refractivity contribution is 5.91. The molecular formula is C23H29N5. The number of aryl methyl sites for hydroxylation is 2. The van der Waals surface area contributed by atoms with E-state index in [-0.39, 0.29) is 0 Å². The van der Waals surface area contributed by atoms with Gasteiger partial charge in [-0.3, -0.25) is 9.58 Å². The zero-order valence-electron chi connectivity index (χ0n) is 17.1. The summed E-state index contributed by atoms with van der Waals surface area (Å²) in [6.07, 6.45) is 12.1. The van der Waals surface area contributed by atoms with Crippen LogP contribution in [-0.2, 0) is 7.05 Å². The van der Waals surface area contributed by atoms with Gasteiger partial charge in [-0.1, -0.05) is 24.6 Å². The van der Waals surface area contributed by atoms with Crippen LogP contribution in [0.15, 0.2) is 48.6 Å². The Labute approximate surface area is 167 Å². The summed E-state index contributed by atoms with van der Waals surface area (Å²) in [6.45, 7) is 7.60. The molecule has 1 aliphatic heterocycles. The van der Waals surface area contributed by atoms with Gasteiger partial charge in [-0.15, -0.1) is 0 Å². The Morgan fingerprint density at radius 3 is 2.68 bits per heavy atom. The number of hydrogen-bond donors (Lipinski definition) is 1. The molecule has 2 aromatic heterocycles. The van der Waals surface area contributed by atoms with Gasteiger partial charge in [-0.05, 0) is 62.4 Å².